The van der Waals surface area contributed by atoms with Crippen molar-refractivity contribution in [2.45, 2.75) is 121 Å². The zero-order valence-corrected chi connectivity index (χ0v) is 74.3. The number of alkyl halides is 9. The number of rotatable bonds is 22. The normalized spacial score (nSPS) is 19.6. The highest BCUT2D eigenvalue weighted by atomic mass is 19.4. The SMILES string of the molecule is C=C1C=C(C(F)(F)F)C(C(=O)Nc2cc(-c3cc(OCC4CC4)ncc3F)ccc2N2C[C@@H](C)N(C)[C@@H](C)C2)=CN1.COc1cc(C(F)(F)F)c(C(=O)Nc2cc(-c3cc(CN4CCC(N5CCCCC5)CC4)ccc3F)ccc2N2CCN(C)CC2)cn1.COc1cc(C(F)(F)F)c(C(=O)Nc2cc(-c3cc(CN4CC[C@H](O)C4)ccc3F)ccc2N2CCN(C)CC2)cn1. The van der Waals surface area contributed by atoms with E-state index in [1.54, 1.807) is 54.6 Å². The number of likely N-dealkylation sites (tertiary alicyclic amines) is 3. The van der Waals surface area contributed by atoms with Gasteiger partial charge in [-0.05, 0) is 207 Å². The summed E-state index contributed by atoms with van der Waals surface area (Å²) in [6, 6.07) is 29.3. The van der Waals surface area contributed by atoms with Crippen molar-refractivity contribution < 1.29 is 86.4 Å². The molecule has 35 heteroatoms. The minimum atomic E-state index is -4.82. The highest BCUT2D eigenvalue weighted by Crippen LogP contribution is 2.44. The molecule has 7 aliphatic heterocycles. The van der Waals surface area contributed by atoms with Gasteiger partial charge in [-0.15, -0.1) is 0 Å². The summed E-state index contributed by atoms with van der Waals surface area (Å²) in [4.78, 5) is 71.8. The number of aliphatic hydroxyl groups excluding tert-OH is 1. The summed E-state index contributed by atoms with van der Waals surface area (Å²) in [5.41, 5.74) is 1.60. The van der Waals surface area contributed by atoms with Crippen LogP contribution in [0.15, 0.2) is 163 Å². The molecule has 0 unspecified atom stereocenters. The standard InChI is InChI=1S/C36H44F4N6O2.C30H33F4N5O3.C30H33F4N5O2/c1-43-16-18-46(19-17-43)33-9-7-26(21-32(33)42-35(47)29-23-41-34(48-2)22-30(29)36(38,39)40)28-20-25(6-8-31(28)37)24-44-14-10-27(11-15-44)45-12-4-3-5-13-45;1-37-9-11-39(12-10-37)27-6-4-20(22-13-19(3-5-25(22)31)17-38-8-7-21(40)18-38)14-26(27)36-29(41)23-16-35-28(42-2)15-24(23)30(32,33)34;1-17-9-24(30(32,33)34)23(12-35-17)29(40)37-26-10-21(7-8-27(26)39-14-18(2)38(4)19(3)15-39)22-11-28(36-13-25(22)31)41-16-20-5-6-20/h6-9,20-23,27H,3-5,10-19,24H2,1-2H3,(H,42,47);3-6,13-16,21,40H,7-12,17-18H2,1-2H3,(H,36,41);7-13,18-20,35H,1,5-6,14-16H2,2-4H3,(H,37,40)/t;21-;18-,19+/m.0./s1. The third-order valence-electron chi connectivity index (χ3n) is 25.5. The lowest BCUT2D eigenvalue weighted by molar-refractivity contribution is -0.138. The van der Waals surface area contributed by atoms with Gasteiger partial charge in [0.1, 0.15) is 17.5 Å². The van der Waals surface area contributed by atoms with Gasteiger partial charge in [0.05, 0.1) is 101 Å². The number of aliphatic hydroxyl groups is 1. The van der Waals surface area contributed by atoms with Crippen molar-refractivity contribution in [3.8, 4) is 51.0 Å². The van der Waals surface area contributed by atoms with Crippen LogP contribution in [-0.4, -0.2) is 244 Å². The number of carbonyl (C=O) groups is 3. The summed E-state index contributed by atoms with van der Waals surface area (Å²) < 4.78 is 186. The summed E-state index contributed by atoms with van der Waals surface area (Å²) in [7, 11) is 8.46. The molecule has 7 fully saturated rings. The minimum absolute atomic E-state index is 0.0184. The molecule has 1 saturated carbocycles. The van der Waals surface area contributed by atoms with Crippen molar-refractivity contribution in [1.82, 2.24) is 49.7 Å². The lowest BCUT2D eigenvalue weighted by atomic mass is 9.98. The summed E-state index contributed by atoms with van der Waals surface area (Å²) in [5, 5.41) is 20.5. The number of carbonyl (C=O) groups excluding carboxylic acids is 3. The third-order valence-corrected chi connectivity index (χ3v) is 25.5. The number of aromatic nitrogens is 3. The molecule has 700 valence electrons. The van der Waals surface area contributed by atoms with E-state index in [4.69, 9.17) is 14.2 Å². The number of nitrogens with one attached hydrogen (secondary N) is 4. The van der Waals surface area contributed by atoms with E-state index >= 15 is 8.78 Å². The molecule has 0 spiro atoms. The molecule has 8 aliphatic rings. The van der Waals surface area contributed by atoms with E-state index in [1.165, 1.54) is 64.8 Å². The Balaban J connectivity index is 0.000000159. The Bertz CT molecular complexity index is 5480. The zero-order chi connectivity index (χ0) is 93.3. The Morgan fingerprint density at radius 3 is 1.39 bits per heavy atom. The van der Waals surface area contributed by atoms with Gasteiger partial charge in [0.2, 0.25) is 17.6 Å². The first-order chi connectivity index (χ1) is 62.5. The van der Waals surface area contributed by atoms with E-state index in [0.717, 1.165) is 113 Å². The largest absolute Gasteiger partial charge is 0.481 e. The topological polar surface area (TPSA) is 215 Å². The highest BCUT2D eigenvalue weighted by Gasteiger charge is 2.42. The molecule has 131 heavy (non-hydrogen) atoms. The molecule has 8 aromatic rings. The molecule has 5 N–H and O–H groups in total. The molecule has 6 saturated heterocycles. The van der Waals surface area contributed by atoms with Gasteiger partial charge in [0.15, 0.2) is 0 Å². The molecule has 5 aromatic carbocycles. The summed E-state index contributed by atoms with van der Waals surface area (Å²) in [6.07, 6.45) is -1.16. The average Bonchev–Trinajstić information content (AvgIpc) is 1.26. The number of piperazine rings is 3. The number of allylic oxidation sites excluding steroid dienone is 1. The molecule has 3 atom stereocenters. The monoisotopic (exact) mass is 1830 g/mol. The van der Waals surface area contributed by atoms with Crippen LogP contribution >= 0.6 is 0 Å². The average molecular weight is 1830 g/mol. The van der Waals surface area contributed by atoms with Crippen LogP contribution in [0.4, 0.5) is 86.8 Å². The number of hydrogen-bond donors (Lipinski definition) is 5. The molecular weight excluding hydrogens is 1720 g/mol. The molecule has 1 aliphatic carbocycles. The maximum Gasteiger partial charge on any atom is 0.417 e. The number of methoxy groups -OCH3 is 2. The molecule has 16 rings (SSSR count). The lowest BCUT2D eigenvalue weighted by Crippen LogP contribution is -2.55. The van der Waals surface area contributed by atoms with Crippen molar-refractivity contribution in [2.24, 2.45) is 5.92 Å². The van der Waals surface area contributed by atoms with Crippen LogP contribution in [-0.2, 0) is 30.2 Å². The number of piperidine rings is 2. The molecule has 0 radical (unpaired) electrons. The molecule has 10 heterocycles. The molecule has 3 aromatic heterocycles. The Labute approximate surface area is 754 Å². The van der Waals surface area contributed by atoms with E-state index in [1.807, 2.05) is 50.3 Å². The lowest BCUT2D eigenvalue weighted by Gasteiger charge is -2.44. The first kappa shape index (κ1) is 95.7. The van der Waals surface area contributed by atoms with Gasteiger partial charge >= 0.3 is 18.5 Å². The number of pyridine rings is 3. The number of dihydropyridines is 1. The maximum absolute atomic E-state index is 15.4. The first-order valence-corrected chi connectivity index (χ1v) is 44.1. The van der Waals surface area contributed by atoms with Gasteiger partial charge < -0.3 is 70.0 Å². The summed E-state index contributed by atoms with van der Waals surface area (Å²) >= 11 is 0. The third kappa shape index (κ3) is 24.1. The highest BCUT2D eigenvalue weighted by molar-refractivity contribution is 6.10. The van der Waals surface area contributed by atoms with E-state index in [0.29, 0.717) is 147 Å². The molecule has 23 nitrogen and oxygen atoms in total. The van der Waals surface area contributed by atoms with Crippen molar-refractivity contribution in [3.05, 3.63) is 214 Å². The van der Waals surface area contributed by atoms with Crippen LogP contribution in [0.5, 0.6) is 17.6 Å². The summed E-state index contributed by atoms with van der Waals surface area (Å²) in [5.74, 6) is -4.13. The summed E-state index contributed by atoms with van der Waals surface area (Å²) in [6.45, 7) is 22.0. The number of hydrogen-bond acceptors (Lipinski definition) is 20. The Kier molecular flexibility index (Phi) is 30.4. The number of anilines is 6. The van der Waals surface area contributed by atoms with Gasteiger partial charge in [0, 0.05) is 169 Å². The van der Waals surface area contributed by atoms with Crippen LogP contribution in [0, 0.1) is 23.4 Å². The fraction of sp³-hybridized carbons (Fsp3) is 0.438. The number of benzene rings is 5. The van der Waals surface area contributed by atoms with Crippen molar-refractivity contribution in [3.63, 3.8) is 0 Å². The number of nitrogens with zero attached hydrogens (tertiary/aromatic N) is 12. The quantitative estimate of drug-likeness (QED) is 0.0399. The van der Waals surface area contributed by atoms with Gasteiger partial charge in [-0.3, -0.25) is 29.1 Å². The predicted octanol–water partition coefficient (Wildman–Crippen LogP) is 16.5. The smallest absolute Gasteiger partial charge is 0.417 e. The van der Waals surface area contributed by atoms with Crippen LogP contribution in [0.2, 0.25) is 0 Å². The molecule has 3 amide bonds. The second-order valence-electron chi connectivity index (χ2n) is 34.9. The van der Waals surface area contributed by atoms with Crippen LogP contribution in [0.3, 0.4) is 0 Å². The van der Waals surface area contributed by atoms with Crippen LogP contribution < -0.4 is 50.2 Å². The Morgan fingerprint density at radius 1 is 0.489 bits per heavy atom. The van der Waals surface area contributed by atoms with Gasteiger partial charge in [-0.25, -0.2) is 28.1 Å². The van der Waals surface area contributed by atoms with Crippen molar-refractivity contribution in [2.75, 3.05) is 177 Å². The fourth-order valence-corrected chi connectivity index (χ4v) is 17.6. The van der Waals surface area contributed by atoms with Crippen molar-refractivity contribution >= 4 is 51.8 Å². The van der Waals surface area contributed by atoms with Crippen LogP contribution in [0.25, 0.3) is 33.4 Å². The number of β-amino-alcohol motifs (C(OH)–C–C–N with tert-alkyl or cyclic N) is 1. The Morgan fingerprint density at radius 2 is 0.939 bits per heavy atom. The van der Waals surface area contributed by atoms with Crippen molar-refractivity contribution in [1.29, 1.82) is 0 Å². The van der Waals surface area contributed by atoms with Gasteiger partial charge in [-0.2, -0.15) is 39.5 Å². The molecular formula is C96H110F12N16O7. The minimum Gasteiger partial charge on any atom is -0.481 e. The fourth-order valence-electron chi connectivity index (χ4n) is 17.6. The van der Waals surface area contributed by atoms with Gasteiger partial charge in [0.25, 0.3) is 17.7 Å². The van der Waals surface area contributed by atoms with E-state index in [9.17, 15) is 63.4 Å². The number of amides is 3. The van der Waals surface area contributed by atoms with E-state index in [-0.39, 0.29) is 58.5 Å². The second-order valence-corrected chi connectivity index (χ2v) is 34.9. The van der Waals surface area contributed by atoms with Crippen LogP contribution in [0.1, 0.15) is 108 Å². The number of halogens is 12. The van der Waals surface area contributed by atoms with Gasteiger partial charge in [-0.1, -0.05) is 43.3 Å². The van der Waals surface area contributed by atoms with E-state index < -0.39 is 87.1 Å². The second kappa shape index (κ2) is 41.6. The number of likely N-dealkylation sites (N-methyl/N-ethyl adjacent to an activating group) is 3. The first-order valence-electron chi connectivity index (χ1n) is 44.1. The number of ether oxygens (including phenoxy) is 3. The van der Waals surface area contributed by atoms with E-state index in [2.05, 4.69) is 95.8 Å². The predicted molar refractivity (Wildman–Crippen MR) is 480 cm³/mol. The zero-order valence-electron chi connectivity index (χ0n) is 74.3. The molecule has 0 bridgehead atoms. The maximum atomic E-state index is 15.4. The Hall–Kier alpha value is -11.3.